The van der Waals surface area contributed by atoms with Gasteiger partial charge < -0.3 is 9.88 Å². The molecule has 0 atom stereocenters. The quantitative estimate of drug-likeness (QED) is 0.497. The topological polar surface area (TPSA) is 59.8 Å². The van der Waals surface area contributed by atoms with Crippen molar-refractivity contribution in [2.75, 3.05) is 6.54 Å². The molecule has 2 aromatic carbocycles. The molecule has 0 fully saturated rings. The first kappa shape index (κ1) is 18.4. The van der Waals surface area contributed by atoms with Gasteiger partial charge in [-0.3, -0.25) is 4.79 Å². The maximum absolute atomic E-state index is 12.2. The molecular formula is C22H22N4OS. The van der Waals surface area contributed by atoms with Crippen LogP contribution in [0.15, 0.2) is 67.0 Å². The molecule has 0 aliphatic carbocycles. The highest BCUT2D eigenvalue weighted by Crippen LogP contribution is 2.22. The Bertz CT molecular complexity index is 1020. The van der Waals surface area contributed by atoms with Crippen LogP contribution >= 0.6 is 11.3 Å². The molecule has 0 radical (unpaired) electrons. The van der Waals surface area contributed by atoms with E-state index in [1.165, 1.54) is 10.3 Å². The number of hydrogen-bond acceptors (Lipinski definition) is 4. The lowest BCUT2D eigenvalue weighted by molar-refractivity contribution is -0.121. The molecule has 4 aromatic rings. The van der Waals surface area contributed by atoms with E-state index in [9.17, 15) is 4.79 Å². The molecular weight excluding hydrogens is 368 g/mol. The number of amides is 1. The van der Waals surface area contributed by atoms with Gasteiger partial charge in [0, 0.05) is 44.7 Å². The normalized spacial score (nSPS) is 11.0. The van der Waals surface area contributed by atoms with Crippen molar-refractivity contribution < 1.29 is 4.79 Å². The van der Waals surface area contributed by atoms with Crippen molar-refractivity contribution in [3.63, 3.8) is 0 Å². The van der Waals surface area contributed by atoms with Gasteiger partial charge in [-0.05, 0) is 17.7 Å². The fraction of sp³-hybridized carbons (Fsp3) is 0.227. The predicted octanol–water partition coefficient (Wildman–Crippen LogP) is 3.83. The molecule has 6 heteroatoms. The van der Waals surface area contributed by atoms with Crippen LogP contribution < -0.4 is 5.32 Å². The summed E-state index contributed by atoms with van der Waals surface area (Å²) in [4.78, 5) is 21.2. The fourth-order valence-corrected chi connectivity index (χ4v) is 4.11. The van der Waals surface area contributed by atoms with Gasteiger partial charge in [-0.15, -0.1) is 11.3 Å². The van der Waals surface area contributed by atoms with Crippen molar-refractivity contribution >= 4 is 27.5 Å². The van der Waals surface area contributed by atoms with Crippen LogP contribution in [-0.4, -0.2) is 27.0 Å². The fourth-order valence-electron chi connectivity index (χ4n) is 3.14. The molecule has 0 spiro atoms. The summed E-state index contributed by atoms with van der Waals surface area (Å²) < 4.78 is 3.30. The van der Waals surface area contributed by atoms with E-state index in [1.54, 1.807) is 11.3 Å². The van der Waals surface area contributed by atoms with E-state index in [4.69, 9.17) is 0 Å². The van der Waals surface area contributed by atoms with Gasteiger partial charge in [-0.1, -0.05) is 42.5 Å². The Hall–Kier alpha value is -2.99. The number of carbonyl (C=O) groups is 1. The Morgan fingerprint density at radius 3 is 2.71 bits per heavy atom. The summed E-state index contributed by atoms with van der Waals surface area (Å²) in [7, 11) is 0. The predicted molar refractivity (Wildman–Crippen MR) is 112 cm³/mol. The zero-order valence-corrected chi connectivity index (χ0v) is 16.4. The number of nitrogens with one attached hydrogen (secondary N) is 1. The van der Waals surface area contributed by atoms with Crippen molar-refractivity contribution in [2.24, 2.45) is 0 Å². The Kier molecular flexibility index (Phi) is 5.77. The second-order valence-corrected chi connectivity index (χ2v) is 7.75. The molecule has 0 bridgehead atoms. The Morgan fingerprint density at radius 1 is 1.04 bits per heavy atom. The highest BCUT2D eigenvalue weighted by atomic mass is 32.1. The van der Waals surface area contributed by atoms with Crippen molar-refractivity contribution in [1.82, 2.24) is 19.9 Å². The van der Waals surface area contributed by atoms with Gasteiger partial charge in [0.15, 0.2) is 0 Å². The molecule has 4 rings (SSSR count). The van der Waals surface area contributed by atoms with E-state index in [2.05, 4.69) is 38.1 Å². The monoisotopic (exact) mass is 390 g/mol. The minimum atomic E-state index is 0.0559. The lowest BCUT2D eigenvalue weighted by atomic mass is 10.2. The molecule has 5 nitrogen and oxygen atoms in total. The van der Waals surface area contributed by atoms with E-state index in [0.717, 1.165) is 22.9 Å². The van der Waals surface area contributed by atoms with E-state index in [-0.39, 0.29) is 5.91 Å². The number of rotatable bonds is 8. The molecule has 0 saturated heterocycles. The van der Waals surface area contributed by atoms with Crippen molar-refractivity contribution in [1.29, 1.82) is 0 Å². The molecule has 2 heterocycles. The average molecular weight is 391 g/mol. The summed E-state index contributed by atoms with van der Waals surface area (Å²) in [5, 5.41) is 4.01. The number of thiazole rings is 1. The third-order valence-electron chi connectivity index (χ3n) is 4.57. The molecule has 142 valence electrons. The van der Waals surface area contributed by atoms with E-state index in [1.807, 2.05) is 48.8 Å². The second kappa shape index (κ2) is 8.80. The first-order valence-corrected chi connectivity index (χ1v) is 10.2. The number of aromatic nitrogens is 3. The lowest BCUT2D eigenvalue weighted by Crippen LogP contribution is -2.26. The van der Waals surface area contributed by atoms with Crippen molar-refractivity contribution in [2.45, 2.75) is 25.8 Å². The molecule has 1 N–H and O–H groups in total. The van der Waals surface area contributed by atoms with Crippen molar-refractivity contribution in [3.8, 4) is 0 Å². The standard InChI is InChI=1S/C22H22N4OS/c27-21(10-11-22-25-18-8-4-5-9-19(18)28-22)24-13-12-20-23-14-15-26(20)16-17-6-2-1-3-7-17/h1-9,14-15H,10-13,16H2,(H,24,27). The smallest absolute Gasteiger partial charge is 0.220 e. The van der Waals surface area contributed by atoms with Crippen LogP contribution in [0.3, 0.4) is 0 Å². The van der Waals surface area contributed by atoms with Crippen LogP contribution in [0.4, 0.5) is 0 Å². The summed E-state index contributed by atoms with van der Waals surface area (Å²) in [5.74, 6) is 1.04. The first-order chi connectivity index (χ1) is 13.8. The minimum absolute atomic E-state index is 0.0559. The van der Waals surface area contributed by atoms with E-state index >= 15 is 0 Å². The summed E-state index contributed by atoms with van der Waals surface area (Å²) in [6.07, 6.45) is 5.64. The number of imidazole rings is 1. The second-order valence-electron chi connectivity index (χ2n) is 6.63. The first-order valence-electron chi connectivity index (χ1n) is 9.43. The Morgan fingerprint density at radius 2 is 1.86 bits per heavy atom. The molecule has 0 aliphatic heterocycles. The third kappa shape index (κ3) is 4.64. The number of para-hydroxylation sites is 1. The number of aryl methyl sites for hydroxylation is 1. The van der Waals surface area contributed by atoms with E-state index in [0.29, 0.717) is 25.8 Å². The molecule has 0 unspecified atom stereocenters. The van der Waals surface area contributed by atoms with Crippen LogP contribution in [-0.2, 0) is 24.2 Å². The van der Waals surface area contributed by atoms with Crippen LogP contribution in [0.2, 0.25) is 0 Å². The lowest BCUT2D eigenvalue weighted by Gasteiger charge is -2.09. The number of benzene rings is 2. The maximum atomic E-state index is 12.2. The summed E-state index contributed by atoms with van der Waals surface area (Å²) in [5.41, 5.74) is 2.25. The summed E-state index contributed by atoms with van der Waals surface area (Å²) >= 11 is 1.66. The summed E-state index contributed by atoms with van der Waals surface area (Å²) in [6.45, 7) is 1.38. The Balaban J connectivity index is 1.24. The molecule has 1 amide bonds. The zero-order chi connectivity index (χ0) is 19.2. The van der Waals surface area contributed by atoms with Gasteiger partial charge in [-0.2, -0.15) is 0 Å². The van der Waals surface area contributed by atoms with Gasteiger partial charge in [-0.25, -0.2) is 9.97 Å². The van der Waals surface area contributed by atoms with Crippen LogP contribution in [0.5, 0.6) is 0 Å². The van der Waals surface area contributed by atoms with Gasteiger partial charge in [0.25, 0.3) is 0 Å². The summed E-state index contributed by atoms with van der Waals surface area (Å²) in [6, 6.07) is 18.4. The molecule has 2 aromatic heterocycles. The highest BCUT2D eigenvalue weighted by molar-refractivity contribution is 7.18. The maximum Gasteiger partial charge on any atom is 0.220 e. The zero-order valence-electron chi connectivity index (χ0n) is 15.5. The van der Waals surface area contributed by atoms with Gasteiger partial charge in [0.2, 0.25) is 5.91 Å². The van der Waals surface area contributed by atoms with Crippen molar-refractivity contribution in [3.05, 3.63) is 83.4 Å². The number of fused-ring (bicyclic) bond motifs is 1. The SMILES string of the molecule is O=C(CCc1nc2ccccc2s1)NCCc1nccn1Cc1ccccc1. The van der Waals surface area contributed by atoms with Crippen LogP contribution in [0.25, 0.3) is 10.2 Å². The number of nitrogens with zero attached hydrogens (tertiary/aromatic N) is 3. The molecule has 0 saturated carbocycles. The highest BCUT2D eigenvalue weighted by Gasteiger charge is 2.08. The Labute approximate surface area is 168 Å². The number of carbonyl (C=O) groups excluding carboxylic acids is 1. The van der Waals surface area contributed by atoms with Gasteiger partial charge >= 0.3 is 0 Å². The third-order valence-corrected chi connectivity index (χ3v) is 5.67. The van der Waals surface area contributed by atoms with Crippen LogP contribution in [0.1, 0.15) is 22.8 Å². The minimum Gasteiger partial charge on any atom is -0.356 e. The molecule has 28 heavy (non-hydrogen) atoms. The average Bonchev–Trinajstić information content (AvgIpc) is 3.33. The largest absolute Gasteiger partial charge is 0.356 e. The van der Waals surface area contributed by atoms with Crippen LogP contribution in [0, 0.1) is 0 Å². The van der Waals surface area contributed by atoms with E-state index < -0.39 is 0 Å². The number of hydrogen-bond donors (Lipinski definition) is 1. The molecule has 0 aliphatic rings. The van der Waals surface area contributed by atoms with Gasteiger partial charge in [0.1, 0.15) is 5.82 Å². The van der Waals surface area contributed by atoms with Gasteiger partial charge in [0.05, 0.1) is 15.2 Å².